The SMILES string of the molecule is CC(C)(C)OC(=O)NCc1cccc(CNC(=O)C2CCC(CN)CC2)c1. The maximum atomic E-state index is 12.4. The van der Waals surface area contributed by atoms with Gasteiger partial charge in [-0.2, -0.15) is 0 Å². The Morgan fingerprint density at radius 3 is 2.22 bits per heavy atom. The van der Waals surface area contributed by atoms with Crippen LogP contribution in [0.4, 0.5) is 4.79 Å². The van der Waals surface area contributed by atoms with Crippen LogP contribution in [0, 0.1) is 11.8 Å². The lowest BCUT2D eigenvalue weighted by molar-refractivity contribution is -0.126. The van der Waals surface area contributed by atoms with Gasteiger partial charge in [0.1, 0.15) is 5.60 Å². The molecule has 6 nitrogen and oxygen atoms in total. The Labute approximate surface area is 162 Å². The molecule has 4 N–H and O–H groups in total. The smallest absolute Gasteiger partial charge is 0.407 e. The van der Waals surface area contributed by atoms with E-state index in [1.54, 1.807) is 0 Å². The Morgan fingerprint density at radius 1 is 1.07 bits per heavy atom. The van der Waals surface area contributed by atoms with E-state index in [1.807, 2.05) is 45.0 Å². The highest BCUT2D eigenvalue weighted by Crippen LogP contribution is 2.28. The summed E-state index contributed by atoms with van der Waals surface area (Å²) in [5, 5.41) is 5.79. The highest BCUT2D eigenvalue weighted by Gasteiger charge is 2.25. The lowest BCUT2D eigenvalue weighted by atomic mass is 9.81. The van der Waals surface area contributed by atoms with Crippen molar-refractivity contribution >= 4 is 12.0 Å². The maximum absolute atomic E-state index is 12.4. The Hall–Kier alpha value is -2.08. The number of hydrogen-bond donors (Lipinski definition) is 3. The van der Waals surface area contributed by atoms with Crippen LogP contribution in [0.25, 0.3) is 0 Å². The van der Waals surface area contributed by atoms with Gasteiger partial charge in [0, 0.05) is 19.0 Å². The Balaban J connectivity index is 1.78. The predicted molar refractivity (Wildman–Crippen MR) is 106 cm³/mol. The lowest BCUT2D eigenvalue weighted by Gasteiger charge is -2.26. The minimum Gasteiger partial charge on any atom is -0.444 e. The normalized spacial score (nSPS) is 20.0. The minimum atomic E-state index is -0.514. The highest BCUT2D eigenvalue weighted by molar-refractivity contribution is 5.78. The van der Waals surface area contributed by atoms with Crippen molar-refractivity contribution in [1.82, 2.24) is 10.6 Å². The fourth-order valence-electron chi connectivity index (χ4n) is 3.33. The molecule has 2 rings (SSSR count). The van der Waals surface area contributed by atoms with Crippen LogP contribution in [0.15, 0.2) is 24.3 Å². The van der Waals surface area contributed by atoms with Crippen LogP contribution in [0.5, 0.6) is 0 Å². The first-order valence-corrected chi connectivity index (χ1v) is 9.79. The van der Waals surface area contributed by atoms with E-state index in [0.717, 1.165) is 43.4 Å². The van der Waals surface area contributed by atoms with E-state index < -0.39 is 11.7 Å². The first-order valence-electron chi connectivity index (χ1n) is 9.79. The first kappa shape index (κ1) is 21.2. The molecule has 0 aliphatic heterocycles. The third-order valence-corrected chi connectivity index (χ3v) is 4.84. The summed E-state index contributed by atoms with van der Waals surface area (Å²) in [5.41, 5.74) is 7.18. The van der Waals surface area contributed by atoms with E-state index in [1.165, 1.54) is 0 Å². The number of ether oxygens (including phenoxy) is 1. The first-order chi connectivity index (χ1) is 12.8. The summed E-state index contributed by atoms with van der Waals surface area (Å²) in [6.07, 6.45) is 3.50. The van der Waals surface area contributed by atoms with Gasteiger partial charge in [-0.1, -0.05) is 24.3 Å². The summed E-state index contributed by atoms with van der Waals surface area (Å²) < 4.78 is 5.24. The molecule has 6 heteroatoms. The Bertz CT molecular complexity index is 632. The molecule has 1 fully saturated rings. The summed E-state index contributed by atoms with van der Waals surface area (Å²) in [7, 11) is 0. The molecule has 1 aromatic rings. The van der Waals surface area contributed by atoms with Crippen LogP contribution in [-0.2, 0) is 22.6 Å². The minimum absolute atomic E-state index is 0.102. The van der Waals surface area contributed by atoms with E-state index in [-0.39, 0.29) is 11.8 Å². The second-order valence-electron chi connectivity index (χ2n) is 8.35. The van der Waals surface area contributed by atoms with Crippen molar-refractivity contribution in [2.45, 2.75) is 65.1 Å². The van der Waals surface area contributed by atoms with E-state index in [0.29, 0.717) is 19.0 Å². The van der Waals surface area contributed by atoms with Gasteiger partial charge in [0.25, 0.3) is 0 Å². The van der Waals surface area contributed by atoms with Crippen molar-refractivity contribution in [3.63, 3.8) is 0 Å². The summed E-state index contributed by atoms with van der Waals surface area (Å²) in [6.45, 7) is 7.10. The van der Waals surface area contributed by atoms with E-state index in [9.17, 15) is 9.59 Å². The molecule has 1 saturated carbocycles. The quantitative estimate of drug-likeness (QED) is 0.712. The lowest BCUT2D eigenvalue weighted by Crippen LogP contribution is -2.34. The molecule has 0 atom stereocenters. The number of hydrogen-bond acceptors (Lipinski definition) is 4. The maximum Gasteiger partial charge on any atom is 0.407 e. The summed E-state index contributed by atoms with van der Waals surface area (Å²) >= 11 is 0. The number of alkyl carbamates (subject to hydrolysis) is 1. The molecule has 1 aliphatic carbocycles. The zero-order chi connectivity index (χ0) is 19.9. The van der Waals surface area contributed by atoms with Crippen LogP contribution in [0.2, 0.25) is 0 Å². The topological polar surface area (TPSA) is 93.5 Å². The molecule has 27 heavy (non-hydrogen) atoms. The van der Waals surface area contributed by atoms with Gasteiger partial charge in [0.05, 0.1) is 0 Å². The predicted octanol–water partition coefficient (Wildman–Crippen LogP) is 3.09. The second-order valence-corrected chi connectivity index (χ2v) is 8.35. The fraction of sp³-hybridized carbons (Fsp3) is 0.619. The second kappa shape index (κ2) is 9.74. The largest absolute Gasteiger partial charge is 0.444 e. The molecule has 150 valence electrons. The molecule has 1 aliphatic rings. The molecular formula is C21H33N3O3. The zero-order valence-corrected chi connectivity index (χ0v) is 16.7. The number of amides is 2. The third kappa shape index (κ3) is 7.59. The van der Waals surface area contributed by atoms with Crippen molar-refractivity contribution in [2.75, 3.05) is 6.54 Å². The molecule has 0 spiro atoms. The summed E-state index contributed by atoms with van der Waals surface area (Å²) in [5.74, 6) is 0.802. The molecule has 0 radical (unpaired) electrons. The molecular weight excluding hydrogens is 342 g/mol. The van der Waals surface area contributed by atoms with Crippen LogP contribution in [-0.4, -0.2) is 24.1 Å². The van der Waals surface area contributed by atoms with Gasteiger partial charge in [-0.3, -0.25) is 4.79 Å². The van der Waals surface area contributed by atoms with Crippen molar-refractivity contribution in [1.29, 1.82) is 0 Å². The van der Waals surface area contributed by atoms with Gasteiger partial charge in [0.2, 0.25) is 5.91 Å². The van der Waals surface area contributed by atoms with Gasteiger partial charge in [-0.05, 0) is 70.0 Å². The number of benzene rings is 1. The van der Waals surface area contributed by atoms with Crippen molar-refractivity contribution in [3.8, 4) is 0 Å². The molecule has 0 saturated heterocycles. The monoisotopic (exact) mass is 375 g/mol. The van der Waals surface area contributed by atoms with Gasteiger partial charge < -0.3 is 21.1 Å². The van der Waals surface area contributed by atoms with E-state index in [4.69, 9.17) is 10.5 Å². The highest BCUT2D eigenvalue weighted by atomic mass is 16.6. The molecule has 0 unspecified atom stereocenters. The van der Waals surface area contributed by atoms with Gasteiger partial charge in [-0.25, -0.2) is 4.79 Å². The van der Waals surface area contributed by atoms with E-state index >= 15 is 0 Å². The standard InChI is InChI=1S/C21H33N3O3/c1-21(2,3)27-20(26)24-14-17-6-4-5-16(11-17)13-23-19(25)18-9-7-15(12-22)8-10-18/h4-6,11,15,18H,7-10,12-14,22H2,1-3H3,(H,23,25)(H,24,26). The Morgan fingerprint density at radius 2 is 1.67 bits per heavy atom. The molecule has 0 aromatic heterocycles. The van der Waals surface area contributed by atoms with Gasteiger partial charge in [0.15, 0.2) is 0 Å². The van der Waals surface area contributed by atoms with Crippen molar-refractivity contribution in [2.24, 2.45) is 17.6 Å². The van der Waals surface area contributed by atoms with E-state index in [2.05, 4.69) is 10.6 Å². The fourth-order valence-corrected chi connectivity index (χ4v) is 3.33. The molecule has 2 amide bonds. The molecule has 1 aromatic carbocycles. The van der Waals surface area contributed by atoms with Gasteiger partial charge >= 0.3 is 6.09 Å². The number of rotatable bonds is 6. The zero-order valence-electron chi connectivity index (χ0n) is 16.7. The van der Waals surface area contributed by atoms with Crippen LogP contribution < -0.4 is 16.4 Å². The Kier molecular flexibility index (Phi) is 7.66. The summed E-state index contributed by atoms with van der Waals surface area (Å²) in [6, 6.07) is 7.84. The number of nitrogens with one attached hydrogen (secondary N) is 2. The molecule has 0 heterocycles. The van der Waals surface area contributed by atoms with Crippen LogP contribution >= 0.6 is 0 Å². The average molecular weight is 376 g/mol. The van der Waals surface area contributed by atoms with Crippen molar-refractivity contribution < 1.29 is 14.3 Å². The number of carbonyl (C=O) groups is 2. The van der Waals surface area contributed by atoms with Crippen LogP contribution in [0.3, 0.4) is 0 Å². The van der Waals surface area contributed by atoms with Crippen molar-refractivity contribution in [3.05, 3.63) is 35.4 Å². The van der Waals surface area contributed by atoms with Gasteiger partial charge in [-0.15, -0.1) is 0 Å². The summed E-state index contributed by atoms with van der Waals surface area (Å²) in [4.78, 5) is 24.1. The number of nitrogens with two attached hydrogens (primary N) is 1. The molecule has 0 bridgehead atoms. The number of carbonyl (C=O) groups excluding carboxylic acids is 2. The van der Waals surface area contributed by atoms with Crippen LogP contribution in [0.1, 0.15) is 57.6 Å². The average Bonchev–Trinajstić information content (AvgIpc) is 2.63. The third-order valence-electron chi connectivity index (χ3n) is 4.84.